The van der Waals surface area contributed by atoms with E-state index in [2.05, 4.69) is 4.99 Å². The Hall–Kier alpha value is 0.0700. The molecule has 0 unspecified atom stereocenters. The van der Waals surface area contributed by atoms with E-state index in [-0.39, 0.29) is 0 Å². The van der Waals surface area contributed by atoms with Gasteiger partial charge in [-0.2, -0.15) is 0 Å². The summed E-state index contributed by atoms with van der Waals surface area (Å²) < 4.78 is 0. The van der Waals surface area contributed by atoms with Gasteiger partial charge in [-0.05, 0) is 24.6 Å². The Morgan fingerprint density at radius 2 is 2.30 bits per heavy atom. The van der Waals surface area contributed by atoms with Crippen LogP contribution in [0.5, 0.6) is 0 Å². The van der Waals surface area contributed by atoms with Gasteiger partial charge >= 0.3 is 0 Å². The predicted molar refractivity (Wildman–Crippen MR) is 52.2 cm³/mol. The quantitative estimate of drug-likeness (QED) is 0.405. The largest absolute Gasteiger partial charge is 0.321 e. The van der Waals surface area contributed by atoms with Gasteiger partial charge in [0.05, 0.1) is 5.88 Å². The number of rotatable bonds is 4. The Morgan fingerprint density at radius 1 is 1.60 bits per heavy atom. The van der Waals surface area contributed by atoms with Crippen LogP contribution in [0.15, 0.2) is 16.1 Å². The summed E-state index contributed by atoms with van der Waals surface area (Å²) in [7, 11) is 3.19. The molecule has 0 spiro atoms. The summed E-state index contributed by atoms with van der Waals surface area (Å²) in [6.07, 6.45) is 3.74. The highest BCUT2D eigenvalue weighted by molar-refractivity contribution is 8.78. The molecule has 0 aliphatic heterocycles. The molecule has 0 aromatic carbocycles. The topological polar surface area (TPSA) is 38.4 Å². The highest BCUT2D eigenvalue weighted by Gasteiger charge is 1.90. The van der Waals surface area contributed by atoms with E-state index in [9.17, 15) is 0 Å². The normalized spacial score (nSPS) is 12.9. The molecule has 0 atom stereocenters. The lowest BCUT2D eigenvalue weighted by Crippen LogP contribution is -1.88. The molecule has 0 bridgehead atoms. The van der Waals surface area contributed by atoms with Gasteiger partial charge in [0.25, 0.3) is 0 Å². The molecule has 4 heteroatoms. The maximum Gasteiger partial charge on any atom is 0.102 e. The molecule has 2 nitrogen and oxygen atoms in total. The number of nitrogens with two attached hydrogens (primary N) is 1. The first-order valence-corrected chi connectivity index (χ1v) is 5.31. The molecule has 0 radical (unpaired) electrons. The number of hydrogen-bond donors (Lipinski definition) is 1. The van der Waals surface area contributed by atoms with Crippen LogP contribution in [0.4, 0.5) is 0 Å². The standard InChI is InChI=1S/C6H12N2S2/c1-3-6(8-4-2)10-9-5-7/h3-4H,5,7H2,1-2H3/b6-3+,8-4-. The van der Waals surface area contributed by atoms with Crippen molar-refractivity contribution in [2.24, 2.45) is 10.7 Å². The van der Waals surface area contributed by atoms with Crippen LogP contribution < -0.4 is 5.73 Å². The lowest BCUT2D eigenvalue weighted by atomic mass is 10.7. The van der Waals surface area contributed by atoms with Gasteiger partial charge in [-0.3, -0.25) is 4.99 Å². The summed E-state index contributed by atoms with van der Waals surface area (Å²) in [6, 6.07) is 0. The van der Waals surface area contributed by atoms with Crippen molar-refractivity contribution in [1.82, 2.24) is 0 Å². The molecule has 0 rings (SSSR count). The molecule has 10 heavy (non-hydrogen) atoms. The van der Waals surface area contributed by atoms with Crippen LogP contribution in [-0.2, 0) is 0 Å². The molecular weight excluding hydrogens is 164 g/mol. The number of hydrogen-bond acceptors (Lipinski definition) is 4. The first kappa shape index (κ1) is 10.1. The maximum absolute atomic E-state index is 5.29. The molecule has 2 N–H and O–H groups in total. The van der Waals surface area contributed by atoms with Crippen molar-refractivity contribution in [3.63, 3.8) is 0 Å². The fraction of sp³-hybridized carbons (Fsp3) is 0.500. The number of aliphatic imine (C=N–C) groups is 1. The molecule has 0 amide bonds. The summed E-state index contributed by atoms with van der Waals surface area (Å²) >= 11 is 0. The summed E-state index contributed by atoms with van der Waals surface area (Å²) in [4.78, 5) is 4.10. The average molecular weight is 176 g/mol. The first-order chi connectivity index (χ1) is 4.85. The summed E-state index contributed by atoms with van der Waals surface area (Å²) in [5.41, 5.74) is 5.29. The fourth-order valence-electron chi connectivity index (χ4n) is 0.366. The number of allylic oxidation sites excluding steroid dienone is 1. The second-order valence-electron chi connectivity index (χ2n) is 1.38. The summed E-state index contributed by atoms with van der Waals surface area (Å²) in [6.45, 7) is 3.86. The van der Waals surface area contributed by atoms with Crippen LogP contribution >= 0.6 is 21.6 Å². The molecular formula is C6H12N2S2. The Kier molecular flexibility index (Phi) is 7.23. The number of nitrogens with zero attached hydrogens (tertiary/aromatic N) is 1. The maximum atomic E-state index is 5.29. The molecule has 0 aliphatic carbocycles. The van der Waals surface area contributed by atoms with E-state index < -0.39 is 0 Å². The van der Waals surface area contributed by atoms with Gasteiger partial charge in [-0.1, -0.05) is 16.9 Å². The van der Waals surface area contributed by atoms with E-state index >= 15 is 0 Å². The Balaban J connectivity index is 3.62. The molecule has 0 aromatic heterocycles. The van der Waals surface area contributed by atoms with Gasteiger partial charge in [-0.15, -0.1) is 0 Å². The smallest absolute Gasteiger partial charge is 0.102 e. The SMILES string of the molecule is C/C=N\C(=C/C)SSCN. The summed E-state index contributed by atoms with van der Waals surface area (Å²) in [5.74, 6) is 0.626. The van der Waals surface area contributed by atoms with Gasteiger partial charge < -0.3 is 5.73 Å². The van der Waals surface area contributed by atoms with E-state index in [0.29, 0.717) is 5.88 Å². The summed E-state index contributed by atoms with van der Waals surface area (Å²) in [5, 5.41) is 1.01. The minimum atomic E-state index is 0.626. The van der Waals surface area contributed by atoms with Crippen molar-refractivity contribution >= 4 is 27.8 Å². The molecule has 0 aromatic rings. The predicted octanol–water partition coefficient (Wildman–Crippen LogP) is 2.24. The van der Waals surface area contributed by atoms with Crippen LogP contribution in [0.25, 0.3) is 0 Å². The van der Waals surface area contributed by atoms with Gasteiger partial charge in [0.15, 0.2) is 0 Å². The van der Waals surface area contributed by atoms with Crippen molar-refractivity contribution in [3.8, 4) is 0 Å². The zero-order valence-electron chi connectivity index (χ0n) is 6.20. The molecule has 0 fully saturated rings. The highest BCUT2D eigenvalue weighted by Crippen LogP contribution is 2.28. The third-order valence-corrected chi connectivity index (χ3v) is 2.76. The Bertz CT molecular complexity index is 132. The molecule has 0 saturated carbocycles. The van der Waals surface area contributed by atoms with Crippen LogP contribution in [-0.4, -0.2) is 12.1 Å². The van der Waals surface area contributed by atoms with E-state index in [1.54, 1.807) is 27.8 Å². The van der Waals surface area contributed by atoms with Gasteiger partial charge in [0.1, 0.15) is 5.03 Å². The van der Waals surface area contributed by atoms with Crippen molar-refractivity contribution in [2.75, 3.05) is 5.88 Å². The zero-order valence-corrected chi connectivity index (χ0v) is 7.84. The Morgan fingerprint density at radius 3 is 2.70 bits per heavy atom. The van der Waals surface area contributed by atoms with Gasteiger partial charge in [0.2, 0.25) is 0 Å². The molecule has 0 saturated heterocycles. The van der Waals surface area contributed by atoms with Gasteiger partial charge in [0, 0.05) is 6.21 Å². The Labute approximate surface area is 69.8 Å². The molecule has 0 heterocycles. The first-order valence-electron chi connectivity index (χ1n) is 2.99. The lowest BCUT2D eigenvalue weighted by molar-refractivity contribution is 1.41. The van der Waals surface area contributed by atoms with Crippen molar-refractivity contribution in [3.05, 3.63) is 11.1 Å². The van der Waals surface area contributed by atoms with Crippen molar-refractivity contribution in [2.45, 2.75) is 13.8 Å². The minimum Gasteiger partial charge on any atom is -0.321 e. The van der Waals surface area contributed by atoms with Crippen molar-refractivity contribution < 1.29 is 0 Å². The van der Waals surface area contributed by atoms with Crippen LogP contribution in [0.2, 0.25) is 0 Å². The molecule has 0 aliphatic rings. The lowest BCUT2D eigenvalue weighted by Gasteiger charge is -1.95. The fourth-order valence-corrected chi connectivity index (χ4v) is 1.78. The minimum absolute atomic E-state index is 0.626. The molecule has 58 valence electrons. The van der Waals surface area contributed by atoms with E-state index in [0.717, 1.165) is 5.03 Å². The van der Waals surface area contributed by atoms with Crippen LogP contribution in [0.3, 0.4) is 0 Å². The monoisotopic (exact) mass is 176 g/mol. The zero-order chi connectivity index (χ0) is 7.82. The second kappa shape index (κ2) is 7.18. The van der Waals surface area contributed by atoms with E-state index in [4.69, 9.17) is 5.73 Å². The van der Waals surface area contributed by atoms with E-state index in [1.165, 1.54) is 0 Å². The third-order valence-electron chi connectivity index (χ3n) is 0.716. The van der Waals surface area contributed by atoms with Crippen LogP contribution in [0, 0.1) is 0 Å². The average Bonchev–Trinajstić information content (AvgIpc) is 1.98. The third kappa shape index (κ3) is 4.90. The van der Waals surface area contributed by atoms with Crippen molar-refractivity contribution in [1.29, 1.82) is 0 Å². The van der Waals surface area contributed by atoms with E-state index in [1.807, 2.05) is 19.9 Å². The van der Waals surface area contributed by atoms with Crippen LogP contribution in [0.1, 0.15) is 13.8 Å². The second-order valence-corrected chi connectivity index (χ2v) is 3.74. The van der Waals surface area contributed by atoms with Gasteiger partial charge in [-0.25, -0.2) is 0 Å². The highest BCUT2D eigenvalue weighted by atomic mass is 33.1.